The number of Topliss-reactive ketones (excluding diaryl/α,β-unsaturated/α-hetero) is 1. The molecule has 1 saturated heterocycles. The van der Waals surface area contributed by atoms with Gasteiger partial charge < -0.3 is 10.5 Å². The molecule has 1 aliphatic rings. The maximum absolute atomic E-state index is 11.0. The zero-order valence-corrected chi connectivity index (χ0v) is 6.01. The zero-order chi connectivity index (χ0) is 7.40. The van der Waals surface area contributed by atoms with Crippen LogP contribution in [0, 0.1) is 5.92 Å². The predicted octanol–water partition coefficient (Wildman–Crippen LogP) is -0.0592. The van der Waals surface area contributed by atoms with Crippen LogP contribution in [0.15, 0.2) is 0 Å². The minimum atomic E-state index is 0.179. The Hall–Kier alpha value is -0.410. The summed E-state index contributed by atoms with van der Waals surface area (Å²) in [7, 11) is 0. The molecule has 0 aromatic heterocycles. The molecule has 0 saturated carbocycles. The van der Waals surface area contributed by atoms with E-state index < -0.39 is 0 Å². The quantitative estimate of drug-likeness (QED) is 0.589. The monoisotopic (exact) mass is 143 g/mol. The van der Waals surface area contributed by atoms with Gasteiger partial charge in [0.1, 0.15) is 6.61 Å². The van der Waals surface area contributed by atoms with Crippen LogP contribution in [0.3, 0.4) is 0 Å². The highest BCUT2D eigenvalue weighted by Gasteiger charge is 2.21. The Balaban J connectivity index is 2.32. The molecule has 10 heavy (non-hydrogen) atoms. The molecule has 3 heteroatoms. The van der Waals surface area contributed by atoms with E-state index in [-0.39, 0.29) is 11.7 Å². The van der Waals surface area contributed by atoms with Crippen LogP contribution < -0.4 is 5.73 Å². The van der Waals surface area contributed by atoms with Crippen molar-refractivity contribution in [1.29, 1.82) is 0 Å². The van der Waals surface area contributed by atoms with Crippen LogP contribution in [0.1, 0.15) is 12.8 Å². The van der Waals surface area contributed by atoms with Crippen molar-refractivity contribution >= 4 is 5.78 Å². The van der Waals surface area contributed by atoms with Gasteiger partial charge in [-0.15, -0.1) is 0 Å². The van der Waals surface area contributed by atoms with Crippen LogP contribution in [0.4, 0.5) is 0 Å². The summed E-state index contributed by atoms with van der Waals surface area (Å²) in [6.45, 7) is 1.62. The summed E-state index contributed by atoms with van der Waals surface area (Å²) in [5.41, 5.74) is 5.33. The second-order valence-electron chi connectivity index (χ2n) is 2.58. The molecule has 2 N–H and O–H groups in total. The largest absolute Gasteiger partial charge is 0.374 e. The highest BCUT2D eigenvalue weighted by Crippen LogP contribution is 2.13. The minimum absolute atomic E-state index is 0.179. The highest BCUT2D eigenvalue weighted by atomic mass is 16.5. The standard InChI is InChI=1S/C7H13NO2/c8-3-1-6-2-4-10-5-7(6)9/h6H,1-5,8H2. The van der Waals surface area contributed by atoms with Crippen molar-refractivity contribution in [2.45, 2.75) is 12.8 Å². The molecular formula is C7H13NO2. The Kier molecular flexibility index (Phi) is 2.83. The lowest BCUT2D eigenvalue weighted by atomic mass is 9.95. The van der Waals surface area contributed by atoms with Gasteiger partial charge in [0.25, 0.3) is 0 Å². The lowest BCUT2D eigenvalue weighted by molar-refractivity contribution is -0.132. The van der Waals surface area contributed by atoms with Crippen molar-refractivity contribution in [1.82, 2.24) is 0 Å². The summed E-state index contributed by atoms with van der Waals surface area (Å²) in [5.74, 6) is 0.399. The van der Waals surface area contributed by atoms with Crippen molar-refractivity contribution in [3.05, 3.63) is 0 Å². The molecule has 0 aromatic carbocycles. The number of ether oxygens (including phenoxy) is 1. The SMILES string of the molecule is NCCC1CCOCC1=O. The molecule has 0 bridgehead atoms. The number of hydrogen-bond acceptors (Lipinski definition) is 3. The minimum Gasteiger partial charge on any atom is -0.374 e. The first-order valence-electron chi connectivity index (χ1n) is 3.65. The van der Waals surface area contributed by atoms with E-state index in [1.807, 2.05) is 0 Å². The summed E-state index contributed by atoms with van der Waals surface area (Å²) in [4.78, 5) is 11.0. The van der Waals surface area contributed by atoms with Crippen molar-refractivity contribution in [2.24, 2.45) is 11.7 Å². The van der Waals surface area contributed by atoms with Gasteiger partial charge in [0.05, 0.1) is 0 Å². The topological polar surface area (TPSA) is 52.3 Å². The molecule has 0 radical (unpaired) electrons. The van der Waals surface area contributed by atoms with Crippen molar-refractivity contribution in [3.63, 3.8) is 0 Å². The van der Waals surface area contributed by atoms with Crippen molar-refractivity contribution in [3.8, 4) is 0 Å². The van der Waals surface area contributed by atoms with E-state index in [0.717, 1.165) is 19.4 Å². The first-order valence-corrected chi connectivity index (χ1v) is 3.65. The van der Waals surface area contributed by atoms with Gasteiger partial charge >= 0.3 is 0 Å². The predicted molar refractivity (Wildman–Crippen MR) is 37.6 cm³/mol. The van der Waals surface area contributed by atoms with Gasteiger partial charge in [0, 0.05) is 12.5 Å². The van der Waals surface area contributed by atoms with E-state index in [0.29, 0.717) is 13.2 Å². The number of hydrogen-bond donors (Lipinski definition) is 1. The van der Waals surface area contributed by atoms with Crippen LogP contribution in [-0.4, -0.2) is 25.5 Å². The molecule has 1 heterocycles. The molecular weight excluding hydrogens is 130 g/mol. The third-order valence-electron chi connectivity index (χ3n) is 1.83. The molecule has 0 amide bonds. The van der Waals surface area contributed by atoms with E-state index in [9.17, 15) is 4.79 Å². The Morgan fingerprint density at radius 3 is 3.10 bits per heavy atom. The molecule has 1 rings (SSSR count). The Labute approximate surface area is 60.5 Å². The summed E-state index contributed by atoms with van der Waals surface area (Å²) in [6.07, 6.45) is 1.68. The summed E-state index contributed by atoms with van der Waals surface area (Å²) in [6, 6.07) is 0. The van der Waals surface area contributed by atoms with Crippen LogP contribution in [0.25, 0.3) is 0 Å². The molecule has 58 valence electrons. The average molecular weight is 143 g/mol. The van der Waals surface area contributed by atoms with Gasteiger partial charge in [-0.05, 0) is 19.4 Å². The van der Waals surface area contributed by atoms with Crippen molar-refractivity contribution < 1.29 is 9.53 Å². The summed E-state index contributed by atoms with van der Waals surface area (Å²) >= 11 is 0. The molecule has 1 aliphatic heterocycles. The average Bonchev–Trinajstić information content (AvgIpc) is 1.94. The van der Waals surface area contributed by atoms with Crippen LogP contribution >= 0.6 is 0 Å². The van der Waals surface area contributed by atoms with E-state index >= 15 is 0 Å². The number of rotatable bonds is 2. The van der Waals surface area contributed by atoms with Crippen LogP contribution in [0.5, 0.6) is 0 Å². The fourth-order valence-corrected chi connectivity index (χ4v) is 1.18. The van der Waals surface area contributed by atoms with Crippen molar-refractivity contribution in [2.75, 3.05) is 19.8 Å². The number of nitrogens with two attached hydrogens (primary N) is 1. The van der Waals surface area contributed by atoms with E-state index in [1.165, 1.54) is 0 Å². The van der Waals surface area contributed by atoms with Gasteiger partial charge in [-0.1, -0.05) is 0 Å². The fraction of sp³-hybridized carbons (Fsp3) is 0.857. The van der Waals surface area contributed by atoms with Crippen LogP contribution in [-0.2, 0) is 9.53 Å². The smallest absolute Gasteiger partial charge is 0.161 e. The number of ketones is 1. The maximum atomic E-state index is 11.0. The molecule has 0 aliphatic carbocycles. The Morgan fingerprint density at radius 1 is 1.70 bits per heavy atom. The highest BCUT2D eigenvalue weighted by molar-refractivity contribution is 5.82. The normalized spacial score (nSPS) is 26.9. The van der Waals surface area contributed by atoms with Gasteiger partial charge in [-0.3, -0.25) is 4.79 Å². The van der Waals surface area contributed by atoms with Gasteiger partial charge in [0.15, 0.2) is 5.78 Å². The molecule has 0 spiro atoms. The van der Waals surface area contributed by atoms with Gasteiger partial charge in [-0.25, -0.2) is 0 Å². The van der Waals surface area contributed by atoms with Gasteiger partial charge in [0.2, 0.25) is 0 Å². The lowest BCUT2D eigenvalue weighted by Gasteiger charge is -2.19. The molecule has 1 unspecified atom stereocenters. The molecule has 3 nitrogen and oxygen atoms in total. The molecule has 1 fully saturated rings. The number of carbonyl (C=O) groups excluding carboxylic acids is 1. The van der Waals surface area contributed by atoms with Crippen LogP contribution in [0.2, 0.25) is 0 Å². The zero-order valence-electron chi connectivity index (χ0n) is 6.01. The first-order chi connectivity index (χ1) is 4.84. The maximum Gasteiger partial charge on any atom is 0.161 e. The first kappa shape index (κ1) is 7.69. The Bertz CT molecular complexity index is 123. The summed E-state index contributed by atoms with van der Waals surface area (Å²) < 4.78 is 4.97. The van der Waals surface area contributed by atoms with E-state index in [1.54, 1.807) is 0 Å². The number of carbonyl (C=O) groups is 1. The molecule has 0 aromatic rings. The molecule has 1 atom stereocenters. The third-order valence-corrected chi connectivity index (χ3v) is 1.83. The summed E-state index contributed by atoms with van der Waals surface area (Å²) in [5, 5.41) is 0. The second-order valence-corrected chi connectivity index (χ2v) is 2.58. The second kappa shape index (κ2) is 3.68. The fourth-order valence-electron chi connectivity index (χ4n) is 1.18. The van der Waals surface area contributed by atoms with E-state index in [2.05, 4.69) is 0 Å². The van der Waals surface area contributed by atoms with E-state index in [4.69, 9.17) is 10.5 Å². The third kappa shape index (κ3) is 1.78. The van der Waals surface area contributed by atoms with Gasteiger partial charge in [-0.2, -0.15) is 0 Å². The lowest BCUT2D eigenvalue weighted by Crippen LogP contribution is -2.28. The Morgan fingerprint density at radius 2 is 2.50 bits per heavy atom.